The van der Waals surface area contributed by atoms with E-state index in [9.17, 15) is 0 Å². The molecule has 0 amide bonds. The molecule has 0 unspecified atom stereocenters. The van der Waals surface area contributed by atoms with Gasteiger partial charge in [-0.2, -0.15) is 0 Å². The van der Waals surface area contributed by atoms with Crippen LogP contribution >= 0.6 is 11.6 Å². The number of benzene rings is 2. The molecule has 3 heteroatoms. The molecule has 0 saturated carbocycles. The van der Waals surface area contributed by atoms with Gasteiger partial charge in [-0.05, 0) is 29.7 Å². The largest absolute Gasteiger partial charge is 0.244 e. The Labute approximate surface area is 110 Å². The van der Waals surface area contributed by atoms with Crippen molar-refractivity contribution in [2.24, 2.45) is 0 Å². The minimum Gasteiger partial charge on any atom is -0.244 e. The lowest BCUT2D eigenvalue weighted by atomic mass is 10.0. The third-order valence-electron chi connectivity index (χ3n) is 2.98. The maximum absolute atomic E-state index is 6.19. The molecule has 0 spiro atoms. The number of hydrogen-bond acceptors (Lipinski definition) is 2. The molecule has 0 aliphatic carbocycles. The van der Waals surface area contributed by atoms with Crippen LogP contribution in [0.25, 0.3) is 10.9 Å². The van der Waals surface area contributed by atoms with Crippen molar-refractivity contribution >= 4 is 22.5 Å². The fraction of sp³-hybridized carbons (Fsp3) is 0.0667. The van der Waals surface area contributed by atoms with Crippen LogP contribution in [0.4, 0.5) is 0 Å². The van der Waals surface area contributed by atoms with Crippen molar-refractivity contribution < 1.29 is 0 Å². The van der Waals surface area contributed by atoms with E-state index >= 15 is 0 Å². The smallest absolute Gasteiger partial charge is 0.116 e. The summed E-state index contributed by atoms with van der Waals surface area (Å²) in [6, 6.07) is 14.0. The monoisotopic (exact) mass is 254 g/mol. The molecule has 1 heterocycles. The van der Waals surface area contributed by atoms with Crippen LogP contribution in [-0.4, -0.2) is 9.97 Å². The Balaban J connectivity index is 2.08. The van der Waals surface area contributed by atoms with Crippen LogP contribution in [0.2, 0.25) is 5.02 Å². The van der Waals surface area contributed by atoms with Crippen molar-refractivity contribution in [1.29, 1.82) is 0 Å². The average molecular weight is 255 g/mol. The Hall–Kier alpha value is -1.93. The van der Waals surface area contributed by atoms with E-state index in [0.717, 1.165) is 27.9 Å². The number of aromatic nitrogens is 2. The van der Waals surface area contributed by atoms with Gasteiger partial charge in [0.25, 0.3) is 0 Å². The Kier molecular flexibility index (Phi) is 2.95. The summed E-state index contributed by atoms with van der Waals surface area (Å²) in [5.74, 6) is 0. The SMILES string of the molecule is Clc1ccccc1Cc1cccc2ncncc12. The van der Waals surface area contributed by atoms with E-state index in [-0.39, 0.29) is 0 Å². The van der Waals surface area contributed by atoms with Crippen LogP contribution in [-0.2, 0) is 6.42 Å². The van der Waals surface area contributed by atoms with Crippen LogP contribution in [0.5, 0.6) is 0 Å². The highest BCUT2D eigenvalue weighted by molar-refractivity contribution is 6.31. The molecule has 88 valence electrons. The van der Waals surface area contributed by atoms with Gasteiger partial charge in [-0.1, -0.05) is 41.9 Å². The molecule has 3 aromatic rings. The average Bonchev–Trinajstić information content (AvgIpc) is 2.42. The quantitative estimate of drug-likeness (QED) is 0.694. The first-order valence-corrected chi connectivity index (χ1v) is 6.13. The molecule has 0 bridgehead atoms. The number of rotatable bonds is 2. The molecular weight excluding hydrogens is 244 g/mol. The molecular formula is C15H11ClN2. The second-order valence-corrected chi connectivity index (χ2v) is 4.55. The van der Waals surface area contributed by atoms with Crippen LogP contribution in [0.1, 0.15) is 11.1 Å². The number of hydrogen-bond donors (Lipinski definition) is 0. The predicted octanol–water partition coefficient (Wildman–Crippen LogP) is 3.87. The summed E-state index contributed by atoms with van der Waals surface area (Å²) in [5.41, 5.74) is 3.28. The molecule has 0 radical (unpaired) electrons. The number of fused-ring (bicyclic) bond motifs is 1. The minimum absolute atomic E-state index is 0.796. The van der Waals surface area contributed by atoms with E-state index < -0.39 is 0 Å². The van der Waals surface area contributed by atoms with E-state index in [0.29, 0.717) is 0 Å². The second kappa shape index (κ2) is 4.75. The van der Waals surface area contributed by atoms with Gasteiger partial charge in [-0.3, -0.25) is 0 Å². The highest BCUT2D eigenvalue weighted by atomic mass is 35.5. The van der Waals surface area contributed by atoms with Crippen molar-refractivity contribution in [3.63, 3.8) is 0 Å². The summed E-state index contributed by atoms with van der Waals surface area (Å²) < 4.78 is 0. The summed E-state index contributed by atoms with van der Waals surface area (Å²) in [4.78, 5) is 8.36. The highest BCUT2D eigenvalue weighted by Crippen LogP contribution is 2.23. The van der Waals surface area contributed by atoms with Crippen molar-refractivity contribution in [2.75, 3.05) is 0 Å². The topological polar surface area (TPSA) is 25.8 Å². The summed E-state index contributed by atoms with van der Waals surface area (Å²) in [6.07, 6.45) is 4.22. The molecule has 2 aromatic carbocycles. The zero-order chi connectivity index (χ0) is 12.4. The zero-order valence-corrected chi connectivity index (χ0v) is 10.4. The van der Waals surface area contributed by atoms with Gasteiger partial charge < -0.3 is 0 Å². The maximum atomic E-state index is 6.19. The standard InChI is InChI=1S/C15H11ClN2/c16-14-6-2-1-4-12(14)8-11-5-3-7-15-13(11)9-17-10-18-15/h1-7,9-10H,8H2. The fourth-order valence-corrected chi connectivity index (χ4v) is 2.27. The molecule has 2 nitrogen and oxygen atoms in total. The van der Waals surface area contributed by atoms with Gasteiger partial charge in [-0.15, -0.1) is 0 Å². The van der Waals surface area contributed by atoms with Crippen LogP contribution in [0, 0.1) is 0 Å². The van der Waals surface area contributed by atoms with Gasteiger partial charge in [0.05, 0.1) is 5.52 Å². The summed E-state index contributed by atoms with van der Waals surface area (Å²) in [5, 5.41) is 1.88. The van der Waals surface area contributed by atoms with Gasteiger partial charge >= 0.3 is 0 Å². The molecule has 1 aromatic heterocycles. The lowest BCUT2D eigenvalue weighted by Crippen LogP contribution is -1.92. The van der Waals surface area contributed by atoms with Gasteiger partial charge in [0, 0.05) is 16.6 Å². The van der Waals surface area contributed by atoms with E-state index in [1.165, 1.54) is 5.56 Å². The first kappa shape index (κ1) is 11.2. The molecule has 3 rings (SSSR count). The van der Waals surface area contributed by atoms with E-state index in [1.54, 1.807) is 6.33 Å². The fourth-order valence-electron chi connectivity index (χ4n) is 2.07. The Bertz CT molecular complexity index is 689. The lowest BCUT2D eigenvalue weighted by molar-refractivity contribution is 1.18. The van der Waals surface area contributed by atoms with E-state index in [2.05, 4.69) is 16.0 Å². The van der Waals surface area contributed by atoms with Crippen molar-refractivity contribution in [3.05, 3.63) is 71.1 Å². The third-order valence-corrected chi connectivity index (χ3v) is 3.35. The minimum atomic E-state index is 0.796. The molecule has 0 saturated heterocycles. The lowest BCUT2D eigenvalue weighted by Gasteiger charge is -2.07. The number of halogens is 1. The Morgan fingerprint density at radius 2 is 1.78 bits per heavy atom. The highest BCUT2D eigenvalue weighted by Gasteiger charge is 2.05. The number of nitrogens with zero attached hydrogens (tertiary/aromatic N) is 2. The molecule has 18 heavy (non-hydrogen) atoms. The summed E-state index contributed by atoms with van der Waals surface area (Å²) in [7, 11) is 0. The zero-order valence-electron chi connectivity index (χ0n) is 9.68. The van der Waals surface area contributed by atoms with Crippen molar-refractivity contribution in [3.8, 4) is 0 Å². The first-order valence-electron chi connectivity index (χ1n) is 5.75. The maximum Gasteiger partial charge on any atom is 0.116 e. The van der Waals surface area contributed by atoms with Gasteiger partial charge in [-0.25, -0.2) is 9.97 Å². The summed E-state index contributed by atoms with van der Waals surface area (Å²) in [6.45, 7) is 0. The van der Waals surface area contributed by atoms with Gasteiger partial charge in [0.2, 0.25) is 0 Å². The Morgan fingerprint density at radius 3 is 2.67 bits per heavy atom. The molecule has 0 N–H and O–H groups in total. The third kappa shape index (κ3) is 2.07. The second-order valence-electron chi connectivity index (χ2n) is 4.14. The molecule has 0 aliphatic heterocycles. The molecule has 0 aliphatic rings. The molecule has 0 fully saturated rings. The van der Waals surface area contributed by atoms with Crippen LogP contribution < -0.4 is 0 Å². The Morgan fingerprint density at radius 1 is 0.944 bits per heavy atom. The predicted molar refractivity (Wildman–Crippen MR) is 73.8 cm³/mol. The van der Waals surface area contributed by atoms with Gasteiger partial charge in [0.15, 0.2) is 0 Å². The summed E-state index contributed by atoms with van der Waals surface area (Å²) >= 11 is 6.19. The van der Waals surface area contributed by atoms with Crippen LogP contribution in [0.15, 0.2) is 55.0 Å². The first-order chi connectivity index (χ1) is 8.84. The van der Waals surface area contributed by atoms with E-state index in [4.69, 9.17) is 11.6 Å². The van der Waals surface area contributed by atoms with E-state index in [1.807, 2.05) is 42.6 Å². The van der Waals surface area contributed by atoms with Gasteiger partial charge in [0.1, 0.15) is 6.33 Å². The van der Waals surface area contributed by atoms with Crippen LogP contribution in [0.3, 0.4) is 0 Å². The van der Waals surface area contributed by atoms with Crippen molar-refractivity contribution in [1.82, 2.24) is 9.97 Å². The molecule has 0 atom stereocenters. The van der Waals surface area contributed by atoms with Crippen molar-refractivity contribution in [2.45, 2.75) is 6.42 Å². The normalized spacial score (nSPS) is 10.7.